The van der Waals surface area contributed by atoms with Crippen LogP contribution in [0.4, 0.5) is 5.69 Å². The predicted molar refractivity (Wildman–Crippen MR) is 117 cm³/mol. The van der Waals surface area contributed by atoms with Crippen LogP contribution in [0.15, 0.2) is 60.7 Å². The summed E-state index contributed by atoms with van der Waals surface area (Å²) < 4.78 is 24.9. The average Bonchev–Trinajstić information content (AvgIpc) is 2.73. The Hall–Kier alpha value is -3.13. The summed E-state index contributed by atoms with van der Waals surface area (Å²) in [4.78, 5) is 26.4. The number of rotatable bonds is 6. The monoisotopic (exact) mass is 427 g/mol. The van der Waals surface area contributed by atoms with Crippen LogP contribution < -0.4 is 10.0 Å². The molecule has 8 heteroatoms. The van der Waals surface area contributed by atoms with Crippen LogP contribution in [0.25, 0.3) is 6.08 Å². The number of nitrogens with one attached hydrogen (secondary N) is 2. The van der Waals surface area contributed by atoms with Crippen molar-refractivity contribution in [1.82, 2.24) is 10.2 Å². The Morgan fingerprint density at radius 1 is 1.00 bits per heavy atom. The number of hydrogen-bond donors (Lipinski definition) is 2. The first-order chi connectivity index (χ1) is 14.3. The smallest absolute Gasteiger partial charge is 0.251 e. The number of likely N-dealkylation sites (tertiary alicyclic amines) is 1. The third-order valence-corrected chi connectivity index (χ3v) is 5.42. The molecule has 1 heterocycles. The molecular weight excluding hydrogens is 402 g/mol. The number of hydrogen-bond acceptors (Lipinski definition) is 4. The Labute approximate surface area is 176 Å². The highest BCUT2D eigenvalue weighted by Gasteiger charge is 2.23. The fraction of sp³-hybridized carbons (Fsp3) is 0.273. The molecule has 1 saturated heterocycles. The first kappa shape index (κ1) is 21.6. The predicted octanol–water partition coefficient (Wildman–Crippen LogP) is 2.49. The van der Waals surface area contributed by atoms with Gasteiger partial charge in [-0.2, -0.15) is 0 Å². The van der Waals surface area contributed by atoms with E-state index in [4.69, 9.17) is 0 Å². The number of nitrogens with zero attached hydrogens (tertiary/aromatic N) is 1. The van der Waals surface area contributed by atoms with Crippen molar-refractivity contribution in [3.63, 3.8) is 0 Å². The number of amides is 2. The summed E-state index contributed by atoms with van der Waals surface area (Å²) in [5.41, 5.74) is 1.91. The van der Waals surface area contributed by atoms with Gasteiger partial charge in [0.2, 0.25) is 15.9 Å². The van der Waals surface area contributed by atoms with E-state index in [1.165, 1.54) is 6.08 Å². The summed E-state index contributed by atoms with van der Waals surface area (Å²) in [5.74, 6) is -0.171. The largest absolute Gasteiger partial charge is 0.349 e. The van der Waals surface area contributed by atoms with E-state index in [0.717, 1.165) is 11.8 Å². The molecule has 7 nitrogen and oxygen atoms in total. The Bertz CT molecular complexity index is 1010. The summed E-state index contributed by atoms with van der Waals surface area (Å²) in [5, 5.41) is 3.03. The summed E-state index contributed by atoms with van der Waals surface area (Å²) in [6.45, 7) is 1.17. The summed E-state index contributed by atoms with van der Waals surface area (Å²) in [6, 6.07) is 15.9. The van der Waals surface area contributed by atoms with Crippen molar-refractivity contribution < 1.29 is 18.0 Å². The van der Waals surface area contributed by atoms with E-state index in [2.05, 4.69) is 10.0 Å². The van der Waals surface area contributed by atoms with Crippen LogP contribution in [-0.2, 0) is 14.8 Å². The van der Waals surface area contributed by atoms with E-state index in [-0.39, 0.29) is 17.9 Å². The van der Waals surface area contributed by atoms with Crippen LogP contribution in [0.1, 0.15) is 28.8 Å². The topological polar surface area (TPSA) is 95.6 Å². The fourth-order valence-electron chi connectivity index (χ4n) is 3.25. The maximum absolute atomic E-state index is 12.4. The average molecular weight is 428 g/mol. The lowest BCUT2D eigenvalue weighted by atomic mass is 10.0. The van der Waals surface area contributed by atoms with Gasteiger partial charge < -0.3 is 10.2 Å². The molecule has 0 radical (unpaired) electrons. The van der Waals surface area contributed by atoms with Gasteiger partial charge in [0, 0.05) is 36.5 Å². The standard InChI is InChI=1S/C22H25N3O4S/c1-30(28,29)24-20-10-7-17(8-11-20)9-12-21(26)25-15-13-19(14-16-25)23-22(27)18-5-3-2-4-6-18/h2-12,19,24H,13-16H2,1H3,(H,23,27)/b12-9+. The van der Waals surface area contributed by atoms with Gasteiger partial charge >= 0.3 is 0 Å². The minimum atomic E-state index is -3.31. The number of benzene rings is 2. The lowest BCUT2D eigenvalue weighted by Gasteiger charge is -2.31. The van der Waals surface area contributed by atoms with Crippen LogP contribution in [0, 0.1) is 0 Å². The molecule has 2 amide bonds. The van der Waals surface area contributed by atoms with Crippen LogP contribution in [0.2, 0.25) is 0 Å². The van der Waals surface area contributed by atoms with Crippen molar-refractivity contribution in [2.75, 3.05) is 24.1 Å². The zero-order valence-electron chi connectivity index (χ0n) is 16.7. The van der Waals surface area contributed by atoms with Gasteiger partial charge in [-0.25, -0.2) is 8.42 Å². The van der Waals surface area contributed by atoms with Crippen molar-refractivity contribution in [3.05, 3.63) is 71.8 Å². The number of sulfonamides is 1. The normalized spacial score (nSPS) is 15.2. The van der Waals surface area contributed by atoms with E-state index in [1.807, 2.05) is 18.2 Å². The molecule has 2 aromatic rings. The molecule has 158 valence electrons. The minimum absolute atomic E-state index is 0.0561. The molecule has 0 saturated carbocycles. The van der Waals surface area contributed by atoms with Crippen molar-refractivity contribution in [3.8, 4) is 0 Å². The first-order valence-electron chi connectivity index (χ1n) is 9.71. The minimum Gasteiger partial charge on any atom is -0.349 e. The Balaban J connectivity index is 1.47. The summed E-state index contributed by atoms with van der Waals surface area (Å²) >= 11 is 0. The molecule has 1 aliphatic rings. The van der Waals surface area contributed by atoms with E-state index in [1.54, 1.807) is 47.4 Å². The first-order valence-corrected chi connectivity index (χ1v) is 11.6. The van der Waals surface area contributed by atoms with Gasteiger partial charge in [-0.15, -0.1) is 0 Å². The van der Waals surface area contributed by atoms with E-state index >= 15 is 0 Å². The third kappa shape index (κ3) is 6.45. The van der Waals surface area contributed by atoms with Gasteiger partial charge in [0.15, 0.2) is 0 Å². The lowest BCUT2D eigenvalue weighted by Crippen LogP contribution is -2.46. The van der Waals surface area contributed by atoms with Gasteiger partial charge in [-0.05, 0) is 48.7 Å². The van der Waals surface area contributed by atoms with Gasteiger partial charge in [-0.3, -0.25) is 14.3 Å². The van der Waals surface area contributed by atoms with E-state index in [9.17, 15) is 18.0 Å². The SMILES string of the molecule is CS(=O)(=O)Nc1ccc(/C=C/C(=O)N2CCC(NC(=O)c3ccccc3)CC2)cc1. The highest BCUT2D eigenvalue weighted by molar-refractivity contribution is 7.92. The van der Waals surface area contributed by atoms with Gasteiger partial charge in [0.25, 0.3) is 5.91 Å². The van der Waals surface area contributed by atoms with E-state index < -0.39 is 10.0 Å². The van der Waals surface area contributed by atoms with Gasteiger partial charge in [0.1, 0.15) is 0 Å². The zero-order valence-corrected chi connectivity index (χ0v) is 17.6. The summed E-state index contributed by atoms with van der Waals surface area (Å²) in [7, 11) is -3.31. The number of piperidine rings is 1. The second-order valence-electron chi connectivity index (χ2n) is 7.27. The third-order valence-electron chi connectivity index (χ3n) is 4.81. The number of carbonyl (C=O) groups excluding carboxylic acids is 2. The highest BCUT2D eigenvalue weighted by Crippen LogP contribution is 2.14. The van der Waals surface area contributed by atoms with Crippen LogP contribution in [0.3, 0.4) is 0 Å². The molecule has 1 fully saturated rings. The van der Waals surface area contributed by atoms with Crippen LogP contribution in [-0.4, -0.2) is 50.5 Å². The molecule has 0 aliphatic carbocycles. The van der Waals surface area contributed by atoms with Crippen molar-refractivity contribution >= 4 is 33.6 Å². The van der Waals surface area contributed by atoms with Gasteiger partial charge in [-0.1, -0.05) is 30.3 Å². The highest BCUT2D eigenvalue weighted by atomic mass is 32.2. The molecule has 2 aromatic carbocycles. The quantitative estimate of drug-likeness (QED) is 0.693. The Morgan fingerprint density at radius 3 is 2.23 bits per heavy atom. The number of carbonyl (C=O) groups is 2. The molecule has 0 bridgehead atoms. The van der Waals surface area contributed by atoms with Crippen LogP contribution in [0.5, 0.6) is 0 Å². The molecule has 30 heavy (non-hydrogen) atoms. The summed E-state index contributed by atoms with van der Waals surface area (Å²) in [6.07, 6.45) is 5.74. The van der Waals surface area contributed by atoms with Crippen molar-refractivity contribution in [2.45, 2.75) is 18.9 Å². The second-order valence-corrected chi connectivity index (χ2v) is 9.02. The van der Waals surface area contributed by atoms with E-state index in [0.29, 0.717) is 37.2 Å². The lowest BCUT2D eigenvalue weighted by molar-refractivity contribution is -0.127. The molecular formula is C22H25N3O4S. The Kier molecular flexibility index (Phi) is 6.89. The number of anilines is 1. The molecule has 0 unspecified atom stereocenters. The van der Waals surface area contributed by atoms with Crippen LogP contribution >= 0.6 is 0 Å². The molecule has 3 rings (SSSR count). The fourth-order valence-corrected chi connectivity index (χ4v) is 3.82. The maximum Gasteiger partial charge on any atom is 0.251 e. The molecule has 2 N–H and O–H groups in total. The van der Waals surface area contributed by atoms with Crippen molar-refractivity contribution in [2.24, 2.45) is 0 Å². The van der Waals surface area contributed by atoms with Gasteiger partial charge in [0.05, 0.1) is 6.26 Å². The zero-order chi connectivity index (χ0) is 21.6. The second kappa shape index (κ2) is 9.58. The molecule has 0 atom stereocenters. The molecule has 0 spiro atoms. The van der Waals surface area contributed by atoms with Crippen molar-refractivity contribution in [1.29, 1.82) is 0 Å². The molecule has 0 aromatic heterocycles. The Morgan fingerprint density at radius 2 is 1.63 bits per heavy atom. The molecule has 1 aliphatic heterocycles. The maximum atomic E-state index is 12.4.